The van der Waals surface area contributed by atoms with Crippen LogP contribution in [0.5, 0.6) is 5.75 Å². The van der Waals surface area contributed by atoms with Crippen molar-refractivity contribution in [2.45, 2.75) is 114 Å². The number of hydrogen-bond acceptors (Lipinski definition) is 8. The highest BCUT2D eigenvalue weighted by atomic mass is 35.5. The molecule has 0 aromatic heterocycles. The Morgan fingerprint density at radius 3 is 2.48 bits per heavy atom. The minimum Gasteiger partial charge on any atom is -0.490 e. The quantitative estimate of drug-likeness (QED) is 0.330. The zero-order valence-corrected chi connectivity index (χ0v) is 34.9. The number of methoxy groups -OCH3 is 1. The van der Waals surface area contributed by atoms with E-state index in [9.17, 15) is 13.2 Å². The van der Waals surface area contributed by atoms with Crippen molar-refractivity contribution in [3.8, 4) is 5.75 Å². The third-order valence-electron chi connectivity index (χ3n) is 13.7. The molecule has 8 atom stereocenters. The predicted molar refractivity (Wildman–Crippen MR) is 217 cm³/mol. The SMILES string of the molecule is CO[C@]1(CN2C[C@@H](C)N(C(C)C)[C@H](C)C2)/C=C\C[C@H](C)[C@@H](C)S(=O)(=O)NC(=O)c2ccc3c(c2)N(C[C@@H]2CC[C@H]21)C[C@@]1(CCCc2cc(Cl)ccc21)CO3. The monoisotopic (exact) mass is 780 g/mol. The predicted octanol–water partition coefficient (Wildman–Crippen LogP) is 7.07. The summed E-state index contributed by atoms with van der Waals surface area (Å²) in [6.45, 7) is 17.6. The van der Waals surface area contributed by atoms with Gasteiger partial charge in [-0.3, -0.25) is 14.6 Å². The standard InChI is InChI=1S/C43H61ClN4O5S/c1-28(2)48-30(4)22-46(23-31(48)5)26-43(52-7)19-8-10-29(3)32(6)54(50,51)45-41(49)34-13-17-40-39(21-34)47(24-35-12-15-38(35)43)25-42(27-53-40)18-9-11-33-20-36(44)14-16-37(33)42/h8,13-14,16-17,19-21,28-32,35,38H,9-12,15,18,22-27H2,1-7H3,(H,45,49)/b19-8-/t29-,30+,31+,32+,35-,38+,42-,43-/m0/s1. The van der Waals surface area contributed by atoms with Gasteiger partial charge in [0.25, 0.3) is 5.91 Å². The number of aryl methyl sites for hydroxylation is 1. The Morgan fingerprint density at radius 2 is 1.80 bits per heavy atom. The second-order valence-corrected chi connectivity index (χ2v) is 20.1. The van der Waals surface area contributed by atoms with E-state index in [1.807, 2.05) is 32.2 Å². The molecule has 54 heavy (non-hydrogen) atoms. The molecule has 2 aromatic rings. The van der Waals surface area contributed by atoms with Crippen LogP contribution in [0.15, 0.2) is 48.6 Å². The fraction of sp³-hybridized carbons (Fsp3) is 0.651. The number of amides is 1. The van der Waals surface area contributed by atoms with Gasteiger partial charge in [0.1, 0.15) is 11.4 Å². The van der Waals surface area contributed by atoms with E-state index >= 15 is 0 Å². The average molecular weight is 782 g/mol. The number of halogens is 1. The Bertz CT molecular complexity index is 1840. The topological polar surface area (TPSA) is 91.4 Å². The van der Waals surface area contributed by atoms with E-state index in [-0.39, 0.29) is 17.3 Å². The Morgan fingerprint density at radius 1 is 1.04 bits per heavy atom. The number of nitrogens with one attached hydrogen (secondary N) is 1. The molecule has 1 spiro atoms. The molecule has 0 radical (unpaired) electrons. The molecule has 2 bridgehead atoms. The summed E-state index contributed by atoms with van der Waals surface area (Å²) in [4.78, 5) is 21.4. The Balaban J connectivity index is 1.30. The van der Waals surface area contributed by atoms with Crippen LogP contribution in [0.1, 0.15) is 95.1 Å². The Kier molecular flexibility index (Phi) is 11.3. The lowest BCUT2D eigenvalue weighted by molar-refractivity contribution is -0.104. The molecule has 1 amide bonds. The molecule has 2 aliphatic carbocycles. The number of benzene rings is 2. The molecule has 3 heterocycles. The van der Waals surface area contributed by atoms with E-state index in [0.717, 1.165) is 81.3 Å². The number of sulfonamides is 1. The van der Waals surface area contributed by atoms with Gasteiger partial charge in [-0.2, -0.15) is 0 Å². The maximum absolute atomic E-state index is 13.7. The van der Waals surface area contributed by atoms with Gasteiger partial charge >= 0.3 is 0 Å². The van der Waals surface area contributed by atoms with Gasteiger partial charge in [0, 0.05) is 74.0 Å². The van der Waals surface area contributed by atoms with Gasteiger partial charge in [0.05, 0.1) is 17.5 Å². The first-order valence-electron chi connectivity index (χ1n) is 20.2. The second-order valence-electron chi connectivity index (χ2n) is 17.6. The number of anilines is 1. The highest BCUT2D eigenvalue weighted by Gasteiger charge is 2.50. The number of carbonyl (C=O) groups is 1. The van der Waals surface area contributed by atoms with Gasteiger partial charge in [-0.25, -0.2) is 13.1 Å². The van der Waals surface area contributed by atoms with Crippen molar-refractivity contribution in [2.75, 3.05) is 51.3 Å². The van der Waals surface area contributed by atoms with Crippen LogP contribution in [-0.4, -0.2) is 99.5 Å². The van der Waals surface area contributed by atoms with Crippen LogP contribution in [0.4, 0.5) is 5.69 Å². The van der Waals surface area contributed by atoms with Crippen molar-refractivity contribution in [2.24, 2.45) is 17.8 Å². The number of carbonyl (C=O) groups excluding carboxylic acids is 1. The van der Waals surface area contributed by atoms with Crippen LogP contribution in [0, 0.1) is 17.8 Å². The lowest BCUT2D eigenvalue weighted by Gasteiger charge is -2.54. The summed E-state index contributed by atoms with van der Waals surface area (Å²) >= 11 is 6.52. The highest BCUT2D eigenvalue weighted by Crippen LogP contribution is 2.49. The largest absolute Gasteiger partial charge is 0.490 e. The summed E-state index contributed by atoms with van der Waals surface area (Å²) < 4.78 is 43.2. The summed E-state index contributed by atoms with van der Waals surface area (Å²) in [5.41, 5.74) is 2.89. The Labute approximate surface area is 328 Å². The molecule has 1 saturated heterocycles. The maximum atomic E-state index is 13.7. The second kappa shape index (κ2) is 15.4. The van der Waals surface area contributed by atoms with Gasteiger partial charge in [-0.15, -0.1) is 0 Å². The number of rotatable bonds is 4. The van der Waals surface area contributed by atoms with Crippen molar-refractivity contribution >= 4 is 33.2 Å². The molecule has 296 valence electrons. The summed E-state index contributed by atoms with van der Waals surface area (Å²) in [5, 5.41) is -0.0303. The molecule has 1 saturated carbocycles. The van der Waals surface area contributed by atoms with Crippen LogP contribution in [0.3, 0.4) is 0 Å². The highest BCUT2D eigenvalue weighted by molar-refractivity contribution is 7.90. The van der Waals surface area contributed by atoms with Crippen molar-refractivity contribution < 1.29 is 22.7 Å². The van der Waals surface area contributed by atoms with E-state index in [4.69, 9.17) is 21.1 Å². The number of nitrogens with zero attached hydrogens (tertiary/aromatic N) is 3. The fourth-order valence-electron chi connectivity index (χ4n) is 10.7. The molecule has 7 rings (SSSR count). The van der Waals surface area contributed by atoms with E-state index < -0.39 is 26.8 Å². The van der Waals surface area contributed by atoms with Gasteiger partial charge in [0.15, 0.2) is 0 Å². The third-order valence-corrected chi connectivity index (χ3v) is 15.9. The first-order chi connectivity index (χ1) is 25.6. The summed E-state index contributed by atoms with van der Waals surface area (Å²) in [6.07, 6.45) is 10.1. The van der Waals surface area contributed by atoms with Gasteiger partial charge in [-0.1, -0.05) is 36.7 Å². The fourth-order valence-corrected chi connectivity index (χ4v) is 12.2. The average Bonchev–Trinajstić information content (AvgIpc) is 3.25. The van der Waals surface area contributed by atoms with Crippen LogP contribution in [0.2, 0.25) is 5.02 Å². The zero-order chi connectivity index (χ0) is 38.6. The van der Waals surface area contributed by atoms with Crippen molar-refractivity contribution in [1.29, 1.82) is 0 Å². The lowest BCUT2D eigenvalue weighted by Crippen LogP contribution is -2.63. The molecule has 0 unspecified atom stereocenters. The van der Waals surface area contributed by atoms with E-state index in [1.165, 1.54) is 11.1 Å². The van der Waals surface area contributed by atoms with E-state index in [2.05, 4.69) is 71.4 Å². The number of fused-ring (bicyclic) bond motifs is 4. The first kappa shape index (κ1) is 39.6. The summed E-state index contributed by atoms with van der Waals surface area (Å²) in [6, 6.07) is 13.0. The van der Waals surface area contributed by atoms with Crippen molar-refractivity contribution in [1.82, 2.24) is 14.5 Å². The van der Waals surface area contributed by atoms with E-state index in [1.54, 1.807) is 13.0 Å². The first-order valence-corrected chi connectivity index (χ1v) is 22.2. The number of allylic oxidation sites excluding steroid dienone is 1. The summed E-state index contributed by atoms with van der Waals surface area (Å²) in [7, 11) is -2.10. The minimum atomic E-state index is -3.96. The third kappa shape index (κ3) is 7.47. The molecule has 3 aliphatic heterocycles. The maximum Gasteiger partial charge on any atom is 0.264 e. The number of piperazine rings is 1. The van der Waals surface area contributed by atoms with Crippen LogP contribution in [0.25, 0.3) is 0 Å². The molecule has 5 aliphatic rings. The molecule has 2 aromatic carbocycles. The minimum absolute atomic E-state index is 0.221. The smallest absolute Gasteiger partial charge is 0.264 e. The molecule has 1 N–H and O–H groups in total. The molecule has 9 nitrogen and oxygen atoms in total. The molecular weight excluding hydrogens is 720 g/mol. The van der Waals surface area contributed by atoms with Crippen LogP contribution >= 0.6 is 11.6 Å². The Hall–Kier alpha value is -2.63. The normalized spacial score (nSPS) is 35.3. The molecule has 11 heteroatoms. The number of hydrogen-bond donors (Lipinski definition) is 1. The molecule has 2 fully saturated rings. The summed E-state index contributed by atoms with van der Waals surface area (Å²) in [5.74, 6) is 0.470. The van der Waals surface area contributed by atoms with Crippen LogP contribution in [-0.2, 0) is 26.6 Å². The lowest BCUT2D eigenvalue weighted by atomic mass is 9.63. The van der Waals surface area contributed by atoms with Gasteiger partial charge in [-0.05, 0) is 132 Å². The molecular formula is C43H61ClN4O5S. The zero-order valence-electron chi connectivity index (χ0n) is 33.3. The van der Waals surface area contributed by atoms with Crippen molar-refractivity contribution in [3.05, 3.63) is 70.3 Å². The van der Waals surface area contributed by atoms with Gasteiger partial charge in [0.2, 0.25) is 10.0 Å². The van der Waals surface area contributed by atoms with Crippen molar-refractivity contribution in [3.63, 3.8) is 0 Å². The number of ether oxygens (including phenoxy) is 2. The van der Waals surface area contributed by atoms with Crippen LogP contribution < -0.4 is 14.4 Å². The van der Waals surface area contributed by atoms with Gasteiger partial charge < -0.3 is 14.4 Å². The van der Waals surface area contributed by atoms with E-state index in [0.29, 0.717) is 42.6 Å².